The number of carbonyl (C=O) groups is 4. The molecule has 5 rings (SSSR count). The van der Waals surface area contributed by atoms with Crippen LogP contribution in [0.1, 0.15) is 40.2 Å². The van der Waals surface area contributed by atoms with Crippen molar-refractivity contribution in [2.75, 3.05) is 6.54 Å². The van der Waals surface area contributed by atoms with Crippen LogP contribution in [-0.2, 0) is 40.3 Å². The van der Waals surface area contributed by atoms with E-state index in [-0.39, 0.29) is 66.5 Å². The fourth-order valence-electron chi connectivity index (χ4n) is 4.75. The van der Waals surface area contributed by atoms with Crippen LogP contribution >= 0.6 is 11.6 Å². The number of Topliss-reactive ketones (excluding diaryl/α,β-unsaturated/α-hetero) is 1. The molecule has 0 saturated heterocycles. The summed E-state index contributed by atoms with van der Waals surface area (Å²) >= 11 is 5.81. The first-order valence-electron chi connectivity index (χ1n) is 13.4. The summed E-state index contributed by atoms with van der Waals surface area (Å²) in [5.41, 5.74) is 7.64. The van der Waals surface area contributed by atoms with Gasteiger partial charge >= 0.3 is 0 Å². The van der Waals surface area contributed by atoms with E-state index in [9.17, 15) is 23.6 Å². The first kappa shape index (κ1) is 28.9. The van der Waals surface area contributed by atoms with Crippen LogP contribution in [0.25, 0.3) is 10.9 Å². The van der Waals surface area contributed by atoms with Crippen LogP contribution in [-0.4, -0.2) is 55.8 Å². The third-order valence-electron chi connectivity index (χ3n) is 6.97. The van der Waals surface area contributed by atoms with Gasteiger partial charge < -0.3 is 16.0 Å². The molecule has 12 heteroatoms. The highest BCUT2D eigenvalue weighted by atomic mass is 35.5. The first-order valence-corrected chi connectivity index (χ1v) is 13.8. The molecule has 0 spiro atoms. The van der Waals surface area contributed by atoms with Gasteiger partial charge in [-0.3, -0.25) is 28.8 Å². The summed E-state index contributed by atoms with van der Waals surface area (Å²) in [5.74, 6) is -2.23. The minimum Gasteiger partial charge on any atom is -0.364 e. The number of amides is 3. The number of rotatable bonds is 12. The Morgan fingerprint density at radius 1 is 1.07 bits per heavy atom. The van der Waals surface area contributed by atoms with Crippen molar-refractivity contribution >= 4 is 46.0 Å². The molecule has 216 valence electrons. The van der Waals surface area contributed by atoms with E-state index in [1.165, 1.54) is 21.7 Å². The lowest BCUT2D eigenvalue weighted by molar-refractivity contribution is -0.137. The molecule has 2 heterocycles. The van der Waals surface area contributed by atoms with E-state index < -0.39 is 17.6 Å². The predicted octanol–water partition coefficient (Wildman–Crippen LogP) is 2.98. The van der Waals surface area contributed by atoms with Gasteiger partial charge in [0.05, 0.1) is 17.1 Å². The molecule has 0 radical (unpaired) electrons. The van der Waals surface area contributed by atoms with Crippen LogP contribution in [0.3, 0.4) is 0 Å². The Morgan fingerprint density at radius 3 is 2.60 bits per heavy atom. The second-order valence-corrected chi connectivity index (χ2v) is 10.6. The molecule has 0 atom stereocenters. The molecule has 3 amide bonds. The van der Waals surface area contributed by atoms with Gasteiger partial charge in [0.1, 0.15) is 18.1 Å². The summed E-state index contributed by atoms with van der Waals surface area (Å²) in [7, 11) is 0. The summed E-state index contributed by atoms with van der Waals surface area (Å²) in [6.07, 6.45) is 3.43. The van der Waals surface area contributed by atoms with Gasteiger partial charge in [-0.05, 0) is 48.7 Å². The average molecular weight is 591 g/mol. The van der Waals surface area contributed by atoms with Gasteiger partial charge in [0.2, 0.25) is 11.8 Å². The molecule has 1 aliphatic carbocycles. The van der Waals surface area contributed by atoms with Crippen molar-refractivity contribution < 1.29 is 23.6 Å². The van der Waals surface area contributed by atoms with E-state index in [0.717, 1.165) is 12.8 Å². The Hall–Kier alpha value is -4.64. The van der Waals surface area contributed by atoms with Gasteiger partial charge in [0.15, 0.2) is 5.69 Å². The number of nitrogens with zero attached hydrogens (tertiary/aromatic N) is 4. The lowest BCUT2D eigenvalue weighted by Crippen LogP contribution is -2.43. The lowest BCUT2D eigenvalue weighted by atomic mass is 10.0. The Morgan fingerprint density at radius 2 is 1.88 bits per heavy atom. The van der Waals surface area contributed by atoms with Gasteiger partial charge in [0.25, 0.3) is 5.91 Å². The van der Waals surface area contributed by atoms with E-state index in [4.69, 9.17) is 17.3 Å². The van der Waals surface area contributed by atoms with E-state index in [0.29, 0.717) is 22.2 Å². The van der Waals surface area contributed by atoms with E-state index >= 15 is 0 Å². The molecule has 2 aromatic heterocycles. The van der Waals surface area contributed by atoms with Crippen LogP contribution in [0.2, 0.25) is 5.02 Å². The number of primary amides is 1. The monoisotopic (exact) mass is 590 g/mol. The summed E-state index contributed by atoms with van der Waals surface area (Å²) in [5, 5.41) is 7.32. The SMILES string of the molecule is NC(=O)c1nn(CC(=O)N(CC(=O)NCc2cccc(Cl)c2F)C2CC2)c2ccc(CC(=O)Cc3ccccn3)cc12. The maximum absolute atomic E-state index is 14.2. The van der Waals surface area contributed by atoms with Gasteiger partial charge in [-0.1, -0.05) is 35.9 Å². The number of benzene rings is 2. The fourth-order valence-corrected chi connectivity index (χ4v) is 4.94. The highest BCUT2D eigenvalue weighted by molar-refractivity contribution is 6.30. The average Bonchev–Trinajstić information content (AvgIpc) is 3.74. The summed E-state index contributed by atoms with van der Waals surface area (Å²) < 4.78 is 15.6. The zero-order valence-electron chi connectivity index (χ0n) is 22.6. The number of fused-ring (bicyclic) bond motifs is 1. The second-order valence-electron chi connectivity index (χ2n) is 10.2. The first-order chi connectivity index (χ1) is 20.2. The van der Waals surface area contributed by atoms with Crippen molar-refractivity contribution in [3.05, 3.63) is 94.1 Å². The van der Waals surface area contributed by atoms with E-state index in [1.54, 1.807) is 42.6 Å². The molecule has 1 saturated carbocycles. The number of nitrogens with two attached hydrogens (primary N) is 1. The maximum Gasteiger partial charge on any atom is 0.269 e. The van der Waals surface area contributed by atoms with Crippen molar-refractivity contribution in [3.63, 3.8) is 0 Å². The van der Waals surface area contributed by atoms with Gasteiger partial charge in [-0.25, -0.2) is 4.39 Å². The second kappa shape index (κ2) is 12.5. The molecule has 2 aromatic carbocycles. The Labute approximate surface area is 245 Å². The molecular formula is C30H28ClFN6O4. The van der Waals surface area contributed by atoms with Crippen molar-refractivity contribution in [1.82, 2.24) is 25.0 Å². The maximum atomic E-state index is 14.2. The Bertz CT molecular complexity index is 1670. The summed E-state index contributed by atoms with van der Waals surface area (Å²) in [6, 6.07) is 14.9. The third kappa shape index (κ3) is 6.80. The van der Waals surface area contributed by atoms with E-state index in [2.05, 4.69) is 15.4 Å². The number of ketones is 1. The van der Waals surface area contributed by atoms with Crippen LogP contribution in [0.4, 0.5) is 4.39 Å². The Balaban J connectivity index is 1.28. The van der Waals surface area contributed by atoms with Gasteiger partial charge in [0, 0.05) is 48.3 Å². The number of nitrogens with one attached hydrogen (secondary N) is 1. The summed E-state index contributed by atoms with van der Waals surface area (Å²) in [4.78, 5) is 56.5. The topological polar surface area (TPSA) is 140 Å². The zero-order chi connectivity index (χ0) is 29.8. The largest absolute Gasteiger partial charge is 0.364 e. The molecular weight excluding hydrogens is 563 g/mol. The van der Waals surface area contributed by atoms with E-state index in [1.807, 2.05) is 6.07 Å². The van der Waals surface area contributed by atoms with Crippen molar-refractivity contribution in [2.45, 2.75) is 44.8 Å². The van der Waals surface area contributed by atoms with Gasteiger partial charge in [-0.2, -0.15) is 5.10 Å². The number of hydrogen-bond acceptors (Lipinski definition) is 6. The van der Waals surface area contributed by atoms with Crippen molar-refractivity contribution in [1.29, 1.82) is 0 Å². The molecule has 10 nitrogen and oxygen atoms in total. The number of hydrogen-bond donors (Lipinski definition) is 2. The number of halogens is 2. The molecule has 1 aliphatic rings. The predicted molar refractivity (Wildman–Crippen MR) is 153 cm³/mol. The molecule has 1 fully saturated rings. The minimum absolute atomic E-state index is 0.0175. The highest BCUT2D eigenvalue weighted by Gasteiger charge is 2.34. The minimum atomic E-state index is -0.769. The molecule has 3 N–H and O–H groups in total. The van der Waals surface area contributed by atoms with Crippen LogP contribution < -0.4 is 11.1 Å². The van der Waals surface area contributed by atoms with Crippen LogP contribution in [0, 0.1) is 5.82 Å². The third-order valence-corrected chi connectivity index (χ3v) is 7.26. The van der Waals surface area contributed by atoms with Crippen LogP contribution in [0.5, 0.6) is 0 Å². The molecule has 4 aromatic rings. The van der Waals surface area contributed by atoms with Crippen molar-refractivity contribution in [3.8, 4) is 0 Å². The molecule has 42 heavy (non-hydrogen) atoms. The standard InChI is InChI=1S/C30H28ClFN6O4/c31-24-6-3-4-19(28(24)32)15-35-26(40)16-37(21-8-9-21)27(41)17-38-25-10-7-18(13-23(25)29(36-38)30(33)42)12-22(39)14-20-5-1-2-11-34-20/h1-7,10-11,13,21H,8-9,12,14-17H2,(H2,33,42)(H,35,40). The quantitative estimate of drug-likeness (QED) is 0.260. The smallest absolute Gasteiger partial charge is 0.269 e. The zero-order valence-corrected chi connectivity index (χ0v) is 23.3. The van der Waals surface area contributed by atoms with Crippen molar-refractivity contribution in [2.24, 2.45) is 5.73 Å². The number of aromatic nitrogens is 3. The highest BCUT2D eigenvalue weighted by Crippen LogP contribution is 2.28. The van der Waals surface area contributed by atoms with Gasteiger partial charge in [-0.15, -0.1) is 0 Å². The molecule has 0 bridgehead atoms. The molecule has 0 aliphatic heterocycles. The number of carbonyl (C=O) groups excluding carboxylic acids is 4. The fraction of sp³-hybridized carbons (Fsp3) is 0.267. The summed E-state index contributed by atoms with van der Waals surface area (Å²) in [6.45, 7) is -0.513. The lowest BCUT2D eigenvalue weighted by Gasteiger charge is -2.22. The Kier molecular flexibility index (Phi) is 8.58. The molecule has 0 unspecified atom stereocenters. The van der Waals surface area contributed by atoms with Crippen LogP contribution in [0.15, 0.2) is 60.8 Å². The normalized spacial score (nSPS) is 12.7. The number of pyridine rings is 1.